The van der Waals surface area contributed by atoms with E-state index in [4.69, 9.17) is 4.74 Å². The number of thioether (sulfide) groups is 1. The van der Waals surface area contributed by atoms with Gasteiger partial charge >= 0.3 is 11.7 Å². The van der Waals surface area contributed by atoms with Crippen molar-refractivity contribution >= 4 is 23.6 Å². The Kier molecular flexibility index (Phi) is 6.76. The molecule has 1 aromatic carbocycles. The zero-order chi connectivity index (χ0) is 18.2. The van der Waals surface area contributed by atoms with Crippen LogP contribution in [0.25, 0.3) is 0 Å². The van der Waals surface area contributed by atoms with Gasteiger partial charge in [0.1, 0.15) is 0 Å². The number of hydrogen-bond donors (Lipinski definition) is 1. The SMILES string of the molecule is CN(C)C(=O)CSc1ccccc1C(=O)OCCc1cnc(=O)[nH]c1. The van der Waals surface area contributed by atoms with Gasteiger partial charge in [-0.2, -0.15) is 0 Å². The van der Waals surface area contributed by atoms with E-state index in [1.54, 1.807) is 38.5 Å². The molecule has 7 nitrogen and oxygen atoms in total. The molecule has 0 aliphatic heterocycles. The second-order valence-corrected chi connectivity index (χ2v) is 6.40. The van der Waals surface area contributed by atoms with Crippen LogP contribution in [-0.4, -0.2) is 53.2 Å². The van der Waals surface area contributed by atoms with E-state index in [1.807, 2.05) is 6.07 Å². The lowest BCUT2D eigenvalue weighted by Crippen LogP contribution is -2.23. The second-order valence-electron chi connectivity index (χ2n) is 5.39. The average Bonchev–Trinajstić information content (AvgIpc) is 2.61. The molecule has 0 aliphatic rings. The van der Waals surface area contributed by atoms with E-state index in [0.717, 1.165) is 5.56 Å². The van der Waals surface area contributed by atoms with Gasteiger partial charge in [-0.15, -0.1) is 11.8 Å². The number of rotatable bonds is 7. The number of benzene rings is 1. The fraction of sp³-hybridized carbons (Fsp3) is 0.294. The van der Waals surface area contributed by atoms with Crippen LogP contribution in [0.15, 0.2) is 46.3 Å². The van der Waals surface area contributed by atoms with Crippen LogP contribution >= 0.6 is 11.8 Å². The molecule has 25 heavy (non-hydrogen) atoms. The number of aromatic amines is 1. The molecule has 8 heteroatoms. The Morgan fingerprint density at radius 2 is 2.04 bits per heavy atom. The van der Waals surface area contributed by atoms with E-state index in [1.165, 1.54) is 22.9 Å². The summed E-state index contributed by atoms with van der Waals surface area (Å²) in [6.07, 6.45) is 3.44. The predicted octanol–water partition coefficient (Wildman–Crippen LogP) is 1.35. The molecule has 0 saturated heterocycles. The first-order valence-corrected chi connectivity index (χ1v) is 8.58. The van der Waals surface area contributed by atoms with Crippen LogP contribution in [0.4, 0.5) is 0 Å². The van der Waals surface area contributed by atoms with Crippen molar-refractivity contribution in [2.45, 2.75) is 11.3 Å². The molecule has 1 heterocycles. The molecule has 0 aliphatic carbocycles. The molecule has 0 radical (unpaired) electrons. The van der Waals surface area contributed by atoms with Crippen molar-refractivity contribution in [3.8, 4) is 0 Å². The number of aromatic nitrogens is 2. The highest BCUT2D eigenvalue weighted by Gasteiger charge is 2.14. The van der Waals surface area contributed by atoms with E-state index >= 15 is 0 Å². The molecule has 132 valence electrons. The molecule has 1 aromatic heterocycles. The standard InChI is InChI=1S/C17H19N3O4S/c1-20(2)15(21)11-25-14-6-4-3-5-13(14)16(22)24-8-7-12-9-18-17(23)19-10-12/h3-6,9-10H,7-8,11H2,1-2H3,(H,18,19,23). The number of ether oxygens (including phenoxy) is 1. The first-order valence-electron chi connectivity index (χ1n) is 7.60. The monoisotopic (exact) mass is 361 g/mol. The summed E-state index contributed by atoms with van der Waals surface area (Å²) in [5.74, 6) is -0.225. The largest absolute Gasteiger partial charge is 0.462 e. The van der Waals surface area contributed by atoms with Gasteiger partial charge in [-0.05, 0) is 17.7 Å². The highest BCUT2D eigenvalue weighted by atomic mass is 32.2. The van der Waals surface area contributed by atoms with E-state index in [-0.39, 0.29) is 18.3 Å². The minimum Gasteiger partial charge on any atom is -0.462 e. The van der Waals surface area contributed by atoms with E-state index in [9.17, 15) is 14.4 Å². The van der Waals surface area contributed by atoms with Gasteiger partial charge in [0.2, 0.25) is 5.91 Å². The molecule has 0 atom stereocenters. The number of amides is 1. The van der Waals surface area contributed by atoms with Crippen molar-refractivity contribution in [2.24, 2.45) is 0 Å². The third-order valence-electron chi connectivity index (χ3n) is 3.31. The molecule has 1 amide bonds. The number of esters is 1. The molecule has 0 saturated carbocycles. The summed E-state index contributed by atoms with van der Waals surface area (Å²) in [4.78, 5) is 43.2. The summed E-state index contributed by atoms with van der Waals surface area (Å²) in [7, 11) is 3.38. The Labute approximate surface area is 149 Å². The smallest absolute Gasteiger partial charge is 0.344 e. The summed E-state index contributed by atoms with van der Waals surface area (Å²) in [6.45, 7) is 0.169. The van der Waals surface area contributed by atoms with Crippen LogP contribution in [0.2, 0.25) is 0 Å². The Bertz CT molecular complexity index is 784. The highest BCUT2D eigenvalue weighted by Crippen LogP contribution is 2.23. The van der Waals surface area contributed by atoms with Crippen LogP contribution in [0.5, 0.6) is 0 Å². The molecule has 2 aromatic rings. The maximum absolute atomic E-state index is 12.3. The van der Waals surface area contributed by atoms with Crippen molar-refractivity contribution in [1.29, 1.82) is 0 Å². The zero-order valence-electron chi connectivity index (χ0n) is 14.0. The number of nitrogens with one attached hydrogen (secondary N) is 1. The lowest BCUT2D eigenvalue weighted by Gasteiger charge is -2.12. The van der Waals surface area contributed by atoms with Crippen molar-refractivity contribution in [3.05, 3.63) is 58.3 Å². The number of hydrogen-bond acceptors (Lipinski definition) is 6. The Morgan fingerprint density at radius 1 is 1.28 bits per heavy atom. The molecule has 0 spiro atoms. The lowest BCUT2D eigenvalue weighted by atomic mass is 10.2. The third kappa shape index (κ3) is 5.75. The lowest BCUT2D eigenvalue weighted by molar-refractivity contribution is -0.125. The van der Waals surface area contributed by atoms with Crippen molar-refractivity contribution < 1.29 is 14.3 Å². The molecule has 0 unspecified atom stereocenters. The fourth-order valence-corrected chi connectivity index (χ4v) is 2.90. The topological polar surface area (TPSA) is 92.4 Å². The molecule has 2 rings (SSSR count). The van der Waals surface area contributed by atoms with Crippen LogP contribution in [0.3, 0.4) is 0 Å². The molecule has 1 N–H and O–H groups in total. The normalized spacial score (nSPS) is 10.3. The summed E-state index contributed by atoms with van der Waals surface area (Å²) in [5, 5.41) is 0. The summed E-state index contributed by atoms with van der Waals surface area (Å²) < 4.78 is 5.29. The van der Waals surface area contributed by atoms with Crippen molar-refractivity contribution in [1.82, 2.24) is 14.9 Å². The van der Waals surface area contributed by atoms with Gasteiger partial charge in [0, 0.05) is 37.8 Å². The summed E-state index contributed by atoms with van der Waals surface area (Å²) in [6, 6.07) is 7.02. The van der Waals surface area contributed by atoms with Crippen LogP contribution in [-0.2, 0) is 16.0 Å². The predicted molar refractivity (Wildman–Crippen MR) is 94.7 cm³/mol. The van der Waals surface area contributed by atoms with Gasteiger partial charge < -0.3 is 14.6 Å². The number of nitrogens with zero attached hydrogens (tertiary/aromatic N) is 2. The van der Waals surface area contributed by atoms with Gasteiger partial charge in [0.25, 0.3) is 0 Å². The maximum Gasteiger partial charge on any atom is 0.344 e. The summed E-state index contributed by atoms with van der Waals surface area (Å²) >= 11 is 1.30. The van der Waals surface area contributed by atoms with Gasteiger partial charge in [0.05, 0.1) is 17.9 Å². The quantitative estimate of drug-likeness (QED) is 0.591. The first-order chi connectivity index (χ1) is 12.0. The van der Waals surface area contributed by atoms with Gasteiger partial charge in [-0.1, -0.05) is 12.1 Å². The molecular weight excluding hydrogens is 342 g/mol. The number of carbonyl (C=O) groups is 2. The zero-order valence-corrected chi connectivity index (χ0v) is 14.8. The van der Waals surface area contributed by atoms with Crippen LogP contribution in [0.1, 0.15) is 15.9 Å². The molecule has 0 bridgehead atoms. The molecule has 0 fully saturated rings. The van der Waals surface area contributed by atoms with Gasteiger partial charge in [0.15, 0.2) is 0 Å². The van der Waals surface area contributed by atoms with Gasteiger partial charge in [-0.3, -0.25) is 4.79 Å². The number of carbonyl (C=O) groups excluding carboxylic acids is 2. The number of H-pyrrole nitrogens is 1. The van der Waals surface area contributed by atoms with Gasteiger partial charge in [-0.25, -0.2) is 14.6 Å². The van der Waals surface area contributed by atoms with Crippen molar-refractivity contribution in [2.75, 3.05) is 26.5 Å². The minimum atomic E-state index is -0.446. The minimum absolute atomic E-state index is 0.0289. The maximum atomic E-state index is 12.3. The third-order valence-corrected chi connectivity index (χ3v) is 4.37. The first kappa shape index (κ1) is 18.7. The Balaban J connectivity index is 1.93. The van der Waals surface area contributed by atoms with E-state index in [2.05, 4.69) is 9.97 Å². The molecular formula is C17H19N3O4S. The van der Waals surface area contributed by atoms with Crippen LogP contribution < -0.4 is 5.69 Å². The average molecular weight is 361 g/mol. The van der Waals surface area contributed by atoms with Crippen molar-refractivity contribution in [3.63, 3.8) is 0 Å². The Hall–Kier alpha value is -2.61. The second kappa shape index (κ2) is 9.03. The Morgan fingerprint density at radius 3 is 2.72 bits per heavy atom. The highest BCUT2D eigenvalue weighted by molar-refractivity contribution is 8.00. The fourth-order valence-electron chi connectivity index (χ4n) is 1.88. The van der Waals surface area contributed by atoms with E-state index in [0.29, 0.717) is 16.9 Å². The summed E-state index contributed by atoms with van der Waals surface area (Å²) in [5.41, 5.74) is 0.782. The van der Waals surface area contributed by atoms with E-state index < -0.39 is 11.7 Å². The van der Waals surface area contributed by atoms with Crippen LogP contribution in [0, 0.1) is 0 Å².